The molecule has 1 saturated heterocycles. The van der Waals surface area contributed by atoms with Crippen LogP contribution in [0.3, 0.4) is 0 Å². The van der Waals surface area contributed by atoms with Gasteiger partial charge in [-0.2, -0.15) is 0 Å². The molecule has 1 aromatic rings. The van der Waals surface area contributed by atoms with Gasteiger partial charge < -0.3 is 14.2 Å². The van der Waals surface area contributed by atoms with Gasteiger partial charge in [0.05, 0.1) is 37.0 Å². The second kappa shape index (κ2) is 8.65. The first-order valence-electron chi connectivity index (χ1n) is 9.14. The van der Waals surface area contributed by atoms with E-state index in [0.29, 0.717) is 16.2 Å². The molecule has 1 fully saturated rings. The SMILES string of the molecule is CCOC(=O)C1=C2C(=C(C)C(C(=O)OC)C1c1ccccc1Cl)OCCN2N=O. The summed E-state index contributed by atoms with van der Waals surface area (Å²) in [7, 11) is 1.27. The standard InChI is InChI=1S/C20H21ClN2O6/c1-4-28-20(25)16-15(12-7-5-6-8-13(12)21)14(19(24)27-3)11(2)18-17(16)23(22-26)9-10-29-18/h5-8,14-15H,4,9-10H2,1-3H3. The number of hydrogen-bond donors (Lipinski definition) is 0. The van der Waals surface area contributed by atoms with E-state index in [0.717, 1.165) is 5.01 Å². The number of carbonyl (C=O) groups is 2. The number of benzene rings is 1. The van der Waals surface area contributed by atoms with E-state index in [9.17, 15) is 14.5 Å². The van der Waals surface area contributed by atoms with E-state index in [2.05, 4.69) is 5.29 Å². The molecule has 1 aromatic carbocycles. The third-order valence-electron chi connectivity index (χ3n) is 5.04. The maximum Gasteiger partial charge on any atom is 0.336 e. The molecule has 3 rings (SSSR count). The van der Waals surface area contributed by atoms with Crippen molar-refractivity contribution in [2.24, 2.45) is 11.2 Å². The first-order chi connectivity index (χ1) is 14.0. The number of fused-ring (bicyclic) bond motifs is 1. The van der Waals surface area contributed by atoms with E-state index in [4.69, 9.17) is 25.8 Å². The lowest BCUT2D eigenvalue weighted by Crippen LogP contribution is -2.40. The summed E-state index contributed by atoms with van der Waals surface area (Å²) in [5, 5.41) is 4.58. The van der Waals surface area contributed by atoms with Crippen LogP contribution in [0.4, 0.5) is 0 Å². The van der Waals surface area contributed by atoms with Crippen LogP contribution in [-0.4, -0.2) is 43.8 Å². The Morgan fingerprint density at radius 1 is 1.34 bits per heavy atom. The van der Waals surface area contributed by atoms with Crippen LogP contribution in [0.5, 0.6) is 0 Å². The number of carbonyl (C=O) groups excluding carboxylic acids is 2. The van der Waals surface area contributed by atoms with Crippen LogP contribution < -0.4 is 0 Å². The Bertz CT molecular complexity index is 910. The van der Waals surface area contributed by atoms with Crippen molar-refractivity contribution in [2.45, 2.75) is 19.8 Å². The zero-order valence-electron chi connectivity index (χ0n) is 16.3. The maximum absolute atomic E-state index is 13.0. The van der Waals surface area contributed by atoms with Gasteiger partial charge in [-0.25, -0.2) is 9.80 Å². The number of hydrogen-bond acceptors (Lipinski definition) is 7. The Kier molecular flexibility index (Phi) is 6.22. The molecule has 154 valence electrons. The van der Waals surface area contributed by atoms with Crippen LogP contribution in [0.2, 0.25) is 5.02 Å². The maximum atomic E-state index is 13.0. The van der Waals surface area contributed by atoms with Crippen molar-refractivity contribution < 1.29 is 23.8 Å². The number of nitrogens with zero attached hydrogens (tertiary/aromatic N) is 2. The van der Waals surface area contributed by atoms with Crippen LogP contribution >= 0.6 is 11.6 Å². The third-order valence-corrected chi connectivity index (χ3v) is 5.38. The molecule has 2 aliphatic rings. The quantitative estimate of drug-likeness (QED) is 0.532. The van der Waals surface area contributed by atoms with Crippen molar-refractivity contribution in [2.75, 3.05) is 26.9 Å². The smallest absolute Gasteiger partial charge is 0.336 e. The molecule has 0 N–H and O–H groups in total. The van der Waals surface area contributed by atoms with E-state index in [1.165, 1.54) is 7.11 Å². The molecule has 8 nitrogen and oxygen atoms in total. The Morgan fingerprint density at radius 2 is 2.07 bits per heavy atom. The van der Waals surface area contributed by atoms with Crippen LogP contribution in [0, 0.1) is 10.8 Å². The lowest BCUT2D eigenvalue weighted by molar-refractivity contribution is -0.145. The van der Waals surface area contributed by atoms with E-state index >= 15 is 0 Å². The van der Waals surface area contributed by atoms with E-state index in [1.54, 1.807) is 38.1 Å². The van der Waals surface area contributed by atoms with Crippen molar-refractivity contribution in [3.05, 3.63) is 62.4 Å². The summed E-state index contributed by atoms with van der Waals surface area (Å²) >= 11 is 6.44. The van der Waals surface area contributed by atoms with E-state index in [-0.39, 0.29) is 36.8 Å². The predicted octanol–water partition coefficient (Wildman–Crippen LogP) is 3.33. The van der Waals surface area contributed by atoms with Crippen LogP contribution in [-0.2, 0) is 23.8 Å². The van der Waals surface area contributed by atoms with E-state index < -0.39 is 23.8 Å². The Hall–Kier alpha value is -2.87. The molecule has 0 bridgehead atoms. The molecule has 29 heavy (non-hydrogen) atoms. The molecule has 2 atom stereocenters. The minimum Gasteiger partial charge on any atom is -0.489 e. The largest absolute Gasteiger partial charge is 0.489 e. The lowest BCUT2D eigenvalue weighted by atomic mass is 9.72. The summed E-state index contributed by atoms with van der Waals surface area (Å²) in [5.74, 6) is -2.69. The summed E-state index contributed by atoms with van der Waals surface area (Å²) in [6.45, 7) is 3.83. The molecular weight excluding hydrogens is 400 g/mol. The normalized spacial score (nSPS) is 21.3. The van der Waals surface area contributed by atoms with Crippen molar-refractivity contribution in [3.8, 4) is 0 Å². The lowest BCUT2D eigenvalue weighted by Gasteiger charge is -2.39. The summed E-state index contributed by atoms with van der Waals surface area (Å²) in [4.78, 5) is 37.4. The fraction of sp³-hybridized carbons (Fsp3) is 0.400. The minimum absolute atomic E-state index is 0.0928. The summed E-state index contributed by atoms with van der Waals surface area (Å²) in [6, 6.07) is 6.89. The Labute approximate surface area is 173 Å². The highest BCUT2D eigenvalue weighted by Crippen LogP contribution is 2.49. The van der Waals surface area contributed by atoms with Gasteiger partial charge in [0.1, 0.15) is 18.1 Å². The average molecular weight is 421 g/mol. The van der Waals surface area contributed by atoms with E-state index in [1.807, 2.05) is 0 Å². The topological polar surface area (TPSA) is 94.5 Å². The van der Waals surface area contributed by atoms with Gasteiger partial charge in [0.25, 0.3) is 0 Å². The summed E-state index contributed by atoms with van der Waals surface area (Å²) < 4.78 is 16.1. The number of halogens is 1. The van der Waals surface area contributed by atoms with Gasteiger partial charge in [0, 0.05) is 10.9 Å². The molecule has 9 heteroatoms. The first-order valence-corrected chi connectivity index (χ1v) is 9.52. The minimum atomic E-state index is -0.885. The summed E-state index contributed by atoms with van der Waals surface area (Å²) in [6.07, 6.45) is 0. The van der Waals surface area contributed by atoms with Gasteiger partial charge in [-0.05, 0) is 31.1 Å². The first kappa shape index (κ1) is 20.9. The number of ether oxygens (including phenoxy) is 3. The molecule has 1 aliphatic heterocycles. The zero-order valence-corrected chi connectivity index (χ0v) is 17.1. The second-order valence-corrected chi connectivity index (χ2v) is 6.96. The van der Waals surface area contributed by atoms with Gasteiger partial charge in [-0.1, -0.05) is 29.8 Å². The Balaban J connectivity index is 2.36. The molecular formula is C20H21ClN2O6. The predicted molar refractivity (Wildman–Crippen MR) is 105 cm³/mol. The highest BCUT2D eigenvalue weighted by atomic mass is 35.5. The van der Waals surface area contributed by atoms with Gasteiger partial charge >= 0.3 is 11.9 Å². The molecule has 0 amide bonds. The van der Waals surface area contributed by atoms with Gasteiger partial charge in [-0.3, -0.25) is 4.79 Å². The molecule has 1 aliphatic carbocycles. The molecule has 0 saturated carbocycles. The van der Waals surface area contributed by atoms with Gasteiger partial charge in [0.15, 0.2) is 0 Å². The number of rotatable bonds is 5. The summed E-state index contributed by atoms with van der Waals surface area (Å²) in [5.41, 5.74) is 1.36. The zero-order chi connectivity index (χ0) is 21.1. The molecule has 1 heterocycles. The van der Waals surface area contributed by atoms with Crippen LogP contribution in [0.25, 0.3) is 0 Å². The van der Waals surface area contributed by atoms with Gasteiger partial charge in [-0.15, -0.1) is 4.91 Å². The number of esters is 2. The van der Waals surface area contributed by atoms with Crippen LogP contribution in [0.15, 0.2) is 52.2 Å². The third kappa shape index (κ3) is 3.60. The van der Waals surface area contributed by atoms with Gasteiger partial charge in [0.2, 0.25) is 0 Å². The molecule has 2 unspecified atom stereocenters. The van der Waals surface area contributed by atoms with Crippen molar-refractivity contribution >= 4 is 23.5 Å². The number of methoxy groups -OCH3 is 1. The Morgan fingerprint density at radius 3 is 2.69 bits per heavy atom. The van der Waals surface area contributed by atoms with Crippen LogP contribution in [0.1, 0.15) is 25.3 Å². The number of morpholine rings is 1. The van der Waals surface area contributed by atoms with Crippen molar-refractivity contribution in [1.29, 1.82) is 0 Å². The fourth-order valence-electron chi connectivity index (χ4n) is 3.82. The van der Waals surface area contributed by atoms with Crippen molar-refractivity contribution in [1.82, 2.24) is 5.01 Å². The van der Waals surface area contributed by atoms with Crippen molar-refractivity contribution in [3.63, 3.8) is 0 Å². The average Bonchev–Trinajstić information content (AvgIpc) is 2.73. The monoisotopic (exact) mass is 420 g/mol. The highest BCUT2D eigenvalue weighted by molar-refractivity contribution is 6.31. The molecule has 0 radical (unpaired) electrons. The highest BCUT2D eigenvalue weighted by Gasteiger charge is 2.48. The molecule has 0 aromatic heterocycles. The molecule has 0 spiro atoms. The fourth-order valence-corrected chi connectivity index (χ4v) is 4.07. The number of nitroso groups, excluding NO2 is 1. The second-order valence-electron chi connectivity index (χ2n) is 6.55.